The van der Waals surface area contributed by atoms with Gasteiger partial charge in [0.1, 0.15) is 22.9 Å². The quantitative estimate of drug-likeness (QED) is 0.434. The van der Waals surface area contributed by atoms with Crippen LogP contribution in [0.5, 0.6) is 5.75 Å². The van der Waals surface area contributed by atoms with Crippen molar-refractivity contribution in [2.75, 3.05) is 32.8 Å². The van der Waals surface area contributed by atoms with Crippen molar-refractivity contribution in [2.24, 2.45) is 0 Å². The van der Waals surface area contributed by atoms with E-state index in [-0.39, 0.29) is 29.9 Å². The highest BCUT2D eigenvalue weighted by Crippen LogP contribution is 2.41. The Balaban J connectivity index is 1.16. The van der Waals surface area contributed by atoms with Crippen LogP contribution in [0.1, 0.15) is 59.3 Å². The van der Waals surface area contributed by atoms with Gasteiger partial charge >= 0.3 is 12.5 Å². The molecule has 6 rings (SSSR count). The Bertz CT molecular complexity index is 1470. The fraction of sp³-hybridized carbons (Fsp3) is 0.481. The van der Waals surface area contributed by atoms with E-state index in [1.807, 2.05) is 0 Å². The number of aromatic amines is 1. The number of piperidine rings is 2. The van der Waals surface area contributed by atoms with Crippen LogP contribution in [0.2, 0.25) is 0 Å². The van der Waals surface area contributed by atoms with Crippen molar-refractivity contribution in [3.8, 4) is 5.75 Å². The topological polar surface area (TPSA) is 121 Å². The number of hydrogen-bond acceptors (Lipinski definition) is 6. The highest BCUT2D eigenvalue weighted by Gasteiger charge is 2.50. The molecule has 1 spiro atoms. The van der Waals surface area contributed by atoms with Crippen molar-refractivity contribution in [3.05, 3.63) is 53.2 Å². The number of carboxylic acid groups (broad SMARTS) is 1. The van der Waals surface area contributed by atoms with Crippen LogP contribution in [-0.2, 0) is 4.74 Å². The zero-order valence-corrected chi connectivity index (χ0v) is 21.8. The van der Waals surface area contributed by atoms with E-state index in [1.54, 1.807) is 4.90 Å². The molecule has 41 heavy (non-hydrogen) atoms. The van der Waals surface area contributed by atoms with Crippen LogP contribution in [0.25, 0.3) is 11.2 Å². The van der Waals surface area contributed by atoms with Crippen molar-refractivity contribution >= 4 is 23.2 Å². The highest BCUT2D eigenvalue weighted by atomic mass is 19.4. The molecule has 2 N–H and O–H groups in total. The second-order valence-corrected chi connectivity index (χ2v) is 10.8. The van der Waals surface area contributed by atoms with Gasteiger partial charge in [-0.1, -0.05) is 0 Å². The lowest BCUT2D eigenvalue weighted by atomic mass is 9.80. The third-order valence-corrected chi connectivity index (χ3v) is 8.34. The van der Waals surface area contributed by atoms with Crippen LogP contribution >= 0.6 is 0 Å². The first-order chi connectivity index (χ1) is 19.5. The van der Waals surface area contributed by atoms with Gasteiger partial charge in [0, 0.05) is 36.7 Å². The number of aromatic nitrogens is 3. The summed E-state index contributed by atoms with van der Waals surface area (Å²) in [6.45, 7) is 1.65. The first-order valence-electron chi connectivity index (χ1n) is 13.3. The molecule has 3 aromatic rings. The molecule has 1 aromatic carbocycles. The van der Waals surface area contributed by atoms with Gasteiger partial charge in [0.05, 0.1) is 24.9 Å². The van der Waals surface area contributed by atoms with E-state index in [9.17, 15) is 27.9 Å². The van der Waals surface area contributed by atoms with E-state index >= 15 is 4.39 Å². The van der Waals surface area contributed by atoms with Crippen molar-refractivity contribution in [1.29, 1.82) is 0 Å². The largest absolute Gasteiger partial charge is 0.573 e. The number of likely N-dealkylation sites (tertiary alicyclic amines) is 2. The number of benzene rings is 1. The Kier molecular flexibility index (Phi) is 6.75. The van der Waals surface area contributed by atoms with Gasteiger partial charge < -0.3 is 24.5 Å². The average Bonchev–Trinajstić information content (AvgIpc) is 3.35. The van der Waals surface area contributed by atoms with E-state index in [0.29, 0.717) is 74.5 Å². The van der Waals surface area contributed by atoms with Crippen LogP contribution < -0.4 is 4.74 Å². The molecule has 0 unspecified atom stereocenters. The molecule has 10 nitrogen and oxygen atoms in total. The number of ether oxygens (including phenoxy) is 2. The van der Waals surface area contributed by atoms with E-state index < -0.39 is 29.6 Å². The van der Waals surface area contributed by atoms with Crippen molar-refractivity contribution in [3.63, 3.8) is 0 Å². The minimum Gasteiger partial charge on any atom is -0.465 e. The van der Waals surface area contributed by atoms with Gasteiger partial charge in [-0.3, -0.25) is 9.69 Å². The number of carbonyl (C=O) groups excluding carboxylic acids is 1. The number of halogens is 4. The van der Waals surface area contributed by atoms with Crippen LogP contribution in [-0.4, -0.2) is 86.6 Å². The van der Waals surface area contributed by atoms with Gasteiger partial charge in [0.15, 0.2) is 5.65 Å². The number of carbonyl (C=O) groups is 2. The van der Waals surface area contributed by atoms with Gasteiger partial charge in [-0.2, -0.15) is 0 Å². The number of pyridine rings is 1. The number of H-pyrrole nitrogens is 1. The summed E-state index contributed by atoms with van der Waals surface area (Å²) in [5.74, 6) is -1.12. The average molecular weight is 578 g/mol. The lowest BCUT2D eigenvalue weighted by molar-refractivity contribution is -0.274. The second-order valence-electron chi connectivity index (χ2n) is 10.8. The predicted octanol–water partition coefficient (Wildman–Crippen LogP) is 4.64. The van der Waals surface area contributed by atoms with Crippen LogP contribution in [0.15, 0.2) is 30.5 Å². The molecular weight excluding hydrogens is 550 g/mol. The number of rotatable bonds is 4. The lowest BCUT2D eigenvalue weighted by Crippen LogP contribution is -2.66. The predicted molar refractivity (Wildman–Crippen MR) is 135 cm³/mol. The third kappa shape index (κ3) is 5.16. The Hall–Kier alpha value is -3.94. The number of fused-ring (bicyclic) bond motifs is 1. The van der Waals surface area contributed by atoms with E-state index in [2.05, 4.69) is 14.7 Å². The minimum absolute atomic E-state index is 0.199. The number of imidazole rings is 1. The van der Waals surface area contributed by atoms with Gasteiger partial charge in [-0.05, 0) is 55.9 Å². The van der Waals surface area contributed by atoms with Gasteiger partial charge in [-0.25, -0.2) is 19.2 Å². The summed E-state index contributed by atoms with van der Waals surface area (Å²) in [6.07, 6.45) is -2.43. The normalized spacial score (nSPS) is 21.2. The summed E-state index contributed by atoms with van der Waals surface area (Å²) >= 11 is 0. The Morgan fingerprint density at radius 2 is 1.80 bits per heavy atom. The molecule has 5 heterocycles. The number of nitrogens with zero attached hydrogens (tertiary/aromatic N) is 4. The van der Waals surface area contributed by atoms with Crippen molar-refractivity contribution in [2.45, 2.75) is 49.4 Å². The molecule has 3 saturated heterocycles. The second kappa shape index (κ2) is 10.2. The monoisotopic (exact) mass is 577 g/mol. The molecule has 0 aliphatic carbocycles. The van der Waals surface area contributed by atoms with Gasteiger partial charge in [-0.15, -0.1) is 13.2 Å². The molecule has 2 amide bonds. The maximum Gasteiger partial charge on any atom is 0.573 e. The Morgan fingerprint density at radius 1 is 1.10 bits per heavy atom. The molecule has 2 aromatic heterocycles. The summed E-state index contributed by atoms with van der Waals surface area (Å²) in [7, 11) is 0. The summed E-state index contributed by atoms with van der Waals surface area (Å²) in [4.78, 5) is 40.0. The number of amides is 2. The van der Waals surface area contributed by atoms with Crippen LogP contribution in [0, 0.1) is 5.82 Å². The SMILES string of the molecule is O=C(c1ccc(OC(F)(F)F)cc1)N1CCC(c2c(F)cnc3[nH]c([C@@H]4CCC5(COC5)N(C(=O)O)C4)nc23)CC1. The third-order valence-electron chi connectivity index (χ3n) is 8.34. The zero-order chi connectivity index (χ0) is 28.9. The van der Waals surface area contributed by atoms with Gasteiger partial charge in [0.25, 0.3) is 5.91 Å². The fourth-order valence-corrected chi connectivity index (χ4v) is 6.13. The Morgan fingerprint density at radius 3 is 2.41 bits per heavy atom. The lowest BCUT2D eigenvalue weighted by Gasteiger charge is -2.52. The Labute approximate surface area is 231 Å². The van der Waals surface area contributed by atoms with E-state index in [4.69, 9.17) is 9.72 Å². The summed E-state index contributed by atoms with van der Waals surface area (Å²) < 4.78 is 61.6. The van der Waals surface area contributed by atoms with Crippen LogP contribution in [0.4, 0.5) is 22.4 Å². The standard InChI is InChI=1S/C27H27F4N5O5/c28-19-11-32-23-21(33-22(34-23)17-5-8-26(13-40-14-26)36(12-17)25(38)39)20(19)15-6-9-35(10-7-15)24(37)16-1-3-18(4-2-16)41-27(29,30)31/h1-4,11,15,17H,5-10,12-14H2,(H,38,39)(H,32,33,34)/t17-/m1/s1. The number of nitrogens with one attached hydrogen (secondary N) is 1. The summed E-state index contributed by atoms with van der Waals surface area (Å²) in [6, 6.07) is 4.74. The first-order valence-corrected chi connectivity index (χ1v) is 13.3. The molecular formula is C27H27F4N5O5. The molecule has 0 saturated carbocycles. The highest BCUT2D eigenvalue weighted by molar-refractivity contribution is 5.94. The summed E-state index contributed by atoms with van der Waals surface area (Å²) in [5.41, 5.74) is 0.969. The molecule has 0 bridgehead atoms. The smallest absolute Gasteiger partial charge is 0.465 e. The molecule has 0 radical (unpaired) electrons. The molecule has 3 aliphatic heterocycles. The zero-order valence-electron chi connectivity index (χ0n) is 21.8. The maximum absolute atomic E-state index is 15.2. The molecule has 218 valence electrons. The fourth-order valence-electron chi connectivity index (χ4n) is 6.13. The summed E-state index contributed by atoms with van der Waals surface area (Å²) in [5, 5.41) is 9.78. The van der Waals surface area contributed by atoms with E-state index in [0.717, 1.165) is 18.3 Å². The maximum atomic E-state index is 15.2. The van der Waals surface area contributed by atoms with Gasteiger partial charge in [0.2, 0.25) is 0 Å². The van der Waals surface area contributed by atoms with E-state index in [1.165, 1.54) is 17.0 Å². The molecule has 3 fully saturated rings. The molecule has 3 aliphatic rings. The molecule has 1 atom stereocenters. The number of hydrogen-bond donors (Lipinski definition) is 2. The van der Waals surface area contributed by atoms with Crippen molar-refractivity contribution in [1.82, 2.24) is 24.8 Å². The van der Waals surface area contributed by atoms with Crippen molar-refractivity contribution < 1.29 is 41.7 Å². The number of alkyl halides is 3. The minimum atomic E-state index is -4.82. The first kappa shape index (κ1) is 27.2. The van der Waals surface area contributed by atoms with Crippen LogP contribution in [0.3, 0.4) is 0 Å². The molecule has 14 heteroatoms.